The molecule has 0 saturated heterocycles. The van der Waals surface area contributed by atoms with Crippen LogP contribution in [0.2, 0.25) is 0 Å². The van der Waals surface area contributed by atoms with E-state index in [-0.39, 0.29) is 30.5 Å². The number of allylic oxidation sites excluding steroid dienone is 1. The van der Waals surface area contributed by atoms with Crippen molar-refractivity contribution in [1.29, 1.82) is 0 Å². The number of Topliss-reactive ketones (excluding diaryl/α,β-unsaturated/α-hetero) is 1. The number of nitro benzene ring substituents is 1. The average Bonchev–Trinajstić information content (AvgIpc) is 3.07. The Morgan fingerprint density at radius 3 is 2.43 bits per heavy atom. The van der Waals surface area contributed by atoms with Gasteiger partial charge < -0.3 is 25.2 Å². The van der Waals surface area contributed by atoms with Gasteiger partial charge in [0.05, 0.1) is 36.1 Å². The summed E-state index contributed by atoms with van der Waals surface area (Å²) in [6.07, 6.45) is 0.849. The molecule has 0 aromatic heterocycles. The van der Waals surface area contributed by atoms with Crippen LogP contribution in [0.3, 0.4) is 0 Å². The van der Waals surface area contributed by atoms with Gasteiger partial charge in [0.1, 0.15) is 11.5 Å². The lowest BCUT2D eigenvalue weighted by atomic mass is 9.78. The number of ketones is 1. The Hall–Kier alpha value is -4.53. The number of hydrogen-bond donors (Lipinski definition) is 2. The molecule has 3 aromatic rings. The number of rotatable bonds is 6. The van der Waals surface area contributed by atoms with Gasteiger partial charge in [-0.3, -0.25) is 14.9 Å². The zero-order valence-electron chi connectivity index (χ0n) is 20.4. The third-order valence-corrected chi connectivity index (χ3v) is 6.78. The maximum atomic E-state index is 13.7. The van der Waals surface area contributed by atoms with Gasteiger partial charge in [-0.05, 0) is 60.7 Å². The van der Waals surface area contributed by atoms with E-state index in [0.717, 1.165) is 28.4 Å². The molecule has 2 N–H and O–H groups in total. The number of ether oxygens (including phenoxy) is 2. The van der Waals surface area contributed by atoms with Gasteiger partial charge in [0.2, 0.25) is 0 Å². The summed E-state index contributed by atoms with van der Waals surface area (Å²) in [5.74, 6) is -0.281. The van der Waals surface area contributed by atoms with Crippen LogP contribution in [-0.2, 0) is 4.79 Å². The van der Waals surface area contributed by atoms with Gasteiger partial charge in [-0.15, -0.1) is 0 Å². The highest BCUT2D eigenvalue weighted by Gasteiger charge is 2.37. The second-order valence-electron chi connectivity index (χ2n) is 9.00. The van der Waals surface area contributed by atoms with Crippen molar-refractivity contribution in [3.05, 3.63) is 93.2 Å². The van der Waals surface area contributed by atoms with Gasteiger partial charge in [0, 0.05) is 29.5 Å². The predicted octanol–water partition coefficient (Wildman–Crippen LogP) is 5.06. The maximum absolute atomic E-state index is 13.7. The normalized spacial score (nSPS) is 18.6. The average molecular weight is 501 g/mol. The molecule has 3 aromatic carbocycles. The monoisotopic (exact) mass is 500 g/mol. The minimum Gasteiger partial charge on any atom is -0.865 e. The van der Waals surface area contributed by atoms with Crippen LogP contribution in [0.5, 0.6) is 17.2 Å². The van der Waals surface area contributed by atoms with Crippen molar-refractivity contribution in [2.24, 2.45) is 0 Å². The first-order valence-corrected chi connectivity index (χ1v) is 12.0. The highest BCUT2D eigenvalue weighted by Crippen LogP contribution is 2.46. The SMILES string of the molecule is CCOc1cc([C@H]2Nc3ccccc3NC3=C2C(=O)C[C@H](c2ccc(OC)cc2)C3)cc([N+](=O)[O-])c1[O-]. The molecular formula is C28H26N3O6-. The molecule has 2 aliphatic rings. The van der Waals surface area contributed by atoms with Crippen LogP contribution in [0, 0.1) is 10.1 Å². The Bertz CT molecular complexity index is 1400. The molecule has 37 heavy (non-hydrogen) atoms. The Balaban J connectivity index is 1.63. The summed E-state index contributed by atoms with van der Waals surface area (Å²) in [5.41, 5.74) is 3.62. The van der Waals surface area contributed by atoms with Crippen molar-refractivity contribution in [2.45, 2.75) is 31.7 Å². The molecule has 0 bridgehead atoms. The smallest absolute Gasteiger partial charge is 0.265 e. The van der Waals surface area contributed by atoms with Crippen LogP contribution in [0.25, 0.3) is 0 Å². The number of para-hydroxylation sites is 2. The van der Waals surface area contributed by atoms with Crippen molar-refractivity contribution in [2.75, 3.05) is 24.4 Å². The van der Waals surface area contributed by atoms with Crippen LogP contribution < -0.4 is 25.2 Å². The molecule has 0 fully saturated rings. The molecule has 0 amide bonds. The lowest BCUT2D eigenvalue weighted by molar-refractivity contribution is -0.398. The van der Waals surface area contributed by atoms with Crippen LogP contribution >= 0.6 is 0 Å². The van der Waals surface area contributed by atoms with Crippen LogP contribution in [-0.4, -0.2) is 24.4 Å². The summed E-state index contributed by atoms with van der Waals surface area (Å²) in [4.78, 5) is 24.7. The zero-order chi connectivity index (χ0) is 26.1. The molecule has 5 rings (SSSR count). The first kappa shape index (κ1) is 24.2. The fourth-order valence-electron chi connectivity index (χ4n) is 5.03. The van der Waals surface area contributed by atoms with Crippen molar-refractivity contribution < 1.29 is 24.3 Å². The van der Waals surface area contributed by atoms with Gasteiger partial charge >= 0.3 is 0 Å². The number of carbonyl (C=O) groups is 1. The van der Waals surface area contributed by atoms with Crippen molar-refractivity contribution >= 4 is 22.8 Å². The molecule has 9 heteroatoms. The fraction of sp³-hybridized carbons (Fsp3) is 0.250. The third-order valence-electron chi connectivity index (χ3n) is 6.78. The number of carbonyl (C=O) groups excluding carboxylic acids is 1. The van der Waals surface area contributed by atoms with Crippen LogP contribution in [0.15, 0.2) is 71.9 Å². The number of fused-ring (bicyclic) bond motifs is 1. The molecule has 1 aliphatic heterocycles. The van der Waals surface area contributed by atoms with Crippen LogP contribution in [0.1, 0.15) is 42.9 Å². The summed E-state index contributed by atoms with van der Waals surface area (Å²) in [6.45, 7) is 1.88. The standard InChI is InChI=1S/C28H27N3O6/c1-3-37-25-15-18(13-23(28(25)33)31(34)35)27-26-22(29-20-6-4-5-7-21(20)30-27)12-17(14-24(26)32)16-8-10-19(36-2)11-9-16/h4-11,13,15,17,27,29-30,33H,3,12,14H2,1-2H3/p-1/t17-,27-/m1/s1. The van der Waals surface area contributed by atoms with E-state index in [9.17, 15) is 20.0 Å². The quantitative estimate of drug-likeness (QED) is 0.356. The first-order valence-electron chi connectivity index (χ1n) is 12.0. The molecule has 1 aliphatic carbocycles. The Labute approximate surface area is 213 Å². The number of nitro groups is 1. The van der Waals surface area contributed by atoms with Crippen molar-refractivity contribution in [3.8, 4) is 17.2 Å². The van der Waals surface area contributed by atoms with E-state index in [2.05, 4.69) is 10.6 Å². The molecule has 0 radical (unpaired) electrons. The molecule has 2 atom stereocenters. The van der Waals surface area contributed by atoms with Crippen LogP contribution in [0.4, 0.5) is 17.1 Å². The lowest BCUT2D eigenvalue weighted by Crippen LogP contribution is -2.27. The van der Waals surface area contributed by atoms with Gasteiger partial charge in [-0.1, -0.05) is 24.3 Å². The number of nitrogens with zero attached hydrogens (tertiary/aromatic N) is 1. The number of nitrogens with one attached hydrogen (secondary N) is 2. The summed E-state index contributed by atoms with van der Waals surface area (Å²) in [7, 11) is 1.61. The maximum Gasteiger partial charge on any atom is 0.265 e. The predicted molar refractivity (Wildman–Crippen MR) is 137 cm³/mol. The number of hydrogen-bond acceptors (Lipinski definition) is 8. The summed E-state index contributed by atoms with van der Waals surface area (Å²) in [6, 6.07) is 17.3. The highest BCUT2D eigenvalue weighted by atomic mass is 16.6. The van der Waals surface area contributed by atoms with Gasteiger partial charge in [0.15, 0.2) is 5.78 Å². The molecule has 9 nitrogen and oxygen atoms in total. The zero-order valence-corrected chi connectivity index (χ0v) is 20.4. The second-order valence-corrected chi connectivity index (χ2v) is 9.00. The minimum atomic E-state index is -0.786. The van der Waals surface area contributed by atoms with Crippen molar-refractivity contribution in [1.82, 2.24) is 0 Å². The fourth-order valence-corrected chi connectivity index (χ4v) is 5.03. The topological polar surface area (TPSA) is 126 Å². The third kappa shape index (κ3) is 4.55. The highest BCUT2D eigenvalue weighted by molar-refractivity contribution is 6.01. The summed E-state index contributed by atoms with van der Waals surface area (Å²) in [5, 5.41) is 31.1. The second kappa shape index (κ2) is 9.85. The minimum absolute atomic E-state index is 0.0482. The number of anilines is 2. The Kier molecular flexibility index (Phi) is 6.43. The van der Waals surface area contributed by atoms with E-state index in [1.165, 1.54) is 12.1 Å². The molecule has 190 valence electrons. The van der Waals surface area contributed by atoms with E-state index in [4.69, 9.17) is 9.47 Å². The van der Waals surface area contributed by atoms with Crippen molar-refractivity contribution in [3.63, 3.8) is 0 Å². The van der Waals surface area contributed by atoms with E-state index >= 15 is 0 Å². The van der Waals surface area contributed by atoms with Gasteiger partial charge in [0.25, 0.3) is 5.69 Å². The number of benzene rings is 3. The first-order chi connectivity index (χ1) is 17.9. The summed E-state index contributed by atoms with van der Waals surface area (Å²) >= 11 is 0. The van der Waals surface area contributed by atoms with Gasteiger partial charge in [-0.2, -0.15) is 0 Å². The van der Waals surface area contributed by atoms with E-state index in [1.54, 1.807) is 14.0 Å². The van der Waals surface area contributed by atoms with E-state index in [0.29, 0.717) is 17.6 Å². The lowest BCUT2D eigenvalue weighted by Gasteiger charge is -2.30. The largest absolute Gasteiger partial charge is 0.865 e. The Morgan fingerprint density at radius 2 is 1.76 bits per heavy atom. The number of methoxy groups -OCH3 is 1. The molecular weight excluding hydrogens is 474 g/mol. The molecule has 0 saturated carbocycles. The molecule has 0 unspecified atom stereocenters. The van der Waals surface area contributed by atoms with E-state index < -0.39 is 22.4 Å². The Morgan fingerprint density at radius 1 is 1.03 bits per heavy atom. The van der Waals surface area contributed by atoms with E-state index in [1.807, 2.05) is 48.5 Å². The van der Waals surface area contributed by atoms with Gasteiger partial charge in [-0.25, -0.2) is 0 Å². The molecule has 1 heterocycles. The molecule has 0 spiro atoms. The summed E-state index contributed by atoms with van der Waals surface area (Å²) < 4.78 is 10.7.